The minimum Gasteiger partial charge on any atom is -0.497 e. The predicted octanol–water partition coefficient (Wildman–Crippen LogP) is 2.97. The molecule has 0 heterocycles. The smallest absolute Gasteiger partial charge is 0.269 e. The van der Waals surface area contributed by atoms with Crippen molar-refractivity contribution in [3.63, 3.8) is 0 Å². The first kappa shape index (κ1) is 21.9. The Balaban J connectivity index is 2.16. The fraction of sp³-hybridized carbons (Fsp3) is 0.333. The van der Waals surface area contributed by atoms with Crippen LogP contribution >= 0.6 is 0 Å². The number of hydrogen-bond acceptors (Lipinski definition) is 6. The molecule has 2 rings (SSSR count). The highest BCUT2D eigenvalue weighted by Crippen LogP contribution is 2.39. The molecule has 0 aliphatic rings. The Labute approximate surface area is 170 Å². The zero-order chi connectivity index (χ0) is 21.2. The maximum absolute atomic E-state index is 12.6. The molecule has 0 saturated carbocycles. The molecule has 0 aliphatic carbocycles. The van der Waals surface area contributed by atoms with Crippen molar-refractivity contribution in [2.45, 2.75) is 20.8 Å². The highest BCUT2D eigenvalue weighted by atomic mass is 16.5. The van der Waals surface area contributed by atoms with Crippen molar-refractivity contribution in [3.05, 3.63) is 47.5 Å². The zero-order valence-corrected chi connectivity index (χ0v) is 17.0. The van der Waals surface area contributed by atoms with Crippen molar-refractivity contribution in [1.82, 2.24) is 10.9 Å². The maximum Gasteiger partial charge on any atom is 0.269 e. The first-order valence-corrected chi connectivity index (χ1v) is 9.35. The highest BCUT2D eigenvalue weighted by Gasteiger charge is 2.19. The van der Waals surface area contributed by atoms with Crippen LogP contribution in [0.5, 0.6) is 23.0 Å². The molecule has 2 N–H and O–H groups in total. The Bertz CT molecular complexity index is 809. The van der Waals surface area contributed by atoms with Crippen molar-refractivity contribution in [1.29, 1.82) is 0 Å². The number of ether oxygens (including phenoxy) is 4. The predicted molar refractivity (Wildman–Crippen MR) is 108 cm³/mol. The third-order valence-electron chi connectivity index (χ3n) is 3.81. The van der Waals surface area contributed by atoms with E-state index in [0.717, 1.165) is 0 Å². The molecule has 156 valence electrons. The molecule has 29 heavy (non-hydrogen) atoms. The number of amides is 2. The number of carbonyl (C=O) groups excluding carboxylic acids is 2. The molecular formula is C21H26N2O6. The van der Waals surface area contributed by atoms with Crippen LogP contribution in [0.2, 0.25) is 0 Å². The van der Waals surface area contributed by atoms with E-state index in [-0.39, 0.29) is 5.56 Å². The second-order valence-electron chi connectivity index (χ2n) is 5.74. The summed E-state index contributed by atoms with van der Waals surface area (Å²) in [5.41, 5.74) is 5.42. The Morgan fingerprint density at radius 3 is 1.69 bits per heavy atom. The monoisotopic (exact) mass is 402 g/mol. The Kier molecular flexibility index (Phi) is 8.14. The van der Waals surface area contributed by atoms with Crippen LogP contribution in [0.4, 0.5) is 0 Å². The van der Waals surface area contributed by atoms with Crippen LogP contribution in [-0.4, -0.2) is 38.7 Å². The summed E-state index contributed by atoms with van der Waals surface area (Å²) >= 11 is 0. The lowest BCUT2D eigenvalue weighted by Gasteiger charge is -2.17. The molecule has 0 saturated heterocycles. The maximum atomic E-state index is 12.6. The van der Waals surface area contributed by atoms with Crippen molar-refractivity contribution < 1.29 is 28.5 Å². The van der Waals surface area contributed by atoms with Gasteiger partial charge in [0.15, 0.2) is 11.5 Å². The summed E-state index contributed by atoms with van der Waals surface area (Å²) in [5.74, 6) is 0.889. The molecule has 0 aliphatic heterocycles. The lowest BCUT2D eigenvalue weighted by molar-refractivity contribution is 0.0846. The molecule has 0 spiro atoms. The van der Waals surface area contributed by atoms with Crippen LogP contribution in [0.1, 0.15) is 41.5 Å². The van der Waals surface area contributed by atoms with Gasteiger partial charge in [-0.1, -0.05) is 0 Å². The van der Waals surface area contributed by atoms with E-state index >= 15 is 0 Å². The second kappa shape index (κ2) is 10.8. The van der Waals surface area contributed by atoms with Gasteiger partial charge < -0.3 is 18.9 Å². The van der Waals surface area contributed by atoms with Gasteiger partial charge in [0.1, 0.15) is 5.75 Å². The third-order valence-corrected chi connectivity index (χ3v) is 3.81. The largest absolute Gasteiger partial charge is 0.497 e. The average molecular weight is 402 g/mol. The summed E-state index contributed by atoms with van der Waals surface area (Å²) < 4.78 is 21.9. The van der Waals surface area contributed by atoms with Crippen LogP contribution in [-0.2, 0) is 0 Å². The van der Waals surface area contributed by atoms with Crippen molar-refractivity contribution in [2.75, 3.05) is 26.9 Å². The highest BCUT2D eigenvalue weighted by molar-refractivity contribution is 5.99. The van der Waals surface area contributed by atoms with Crippen LogP contribution in [0.3, 0.4) is 0 Å². The van der Waals surface area contributed by atoms with Gasteiger partial charge in [0, 0.05) is 11.1 Å². The molecular weight excluding hydrogens is 376 g/mol. The van der Waals surface area contributed by atoms with Crippen LogP contribution in [0.25, 0.3) is 0 Å². The molecule has 2 aromatic carbocycles. The first-order valence-electron chi connectivity index (χ1n) is 9.35. The number of benzene rings is 2. The topological polar surface area (TPSA) is 95.1 Å². The van der Waals surface area contributed by atoms with E-state index in [9.17, 15) is 9.59 Å². The molecule has 0 fully saturated rings. The van der Waals surface area contributed by atoms with Gasteiger partial charge in [-0.3, -0.25) is 20.4 Å². The van der Waals surface area contributed by atoms with Gasteiger partial charge in [-0.2, -0.15) is 0 Å². The van der Waals surface area contributed by atoms with Crippen LogP contribution < -0.4 is 29.8 Å². The van der Waals surface area contributed by atoms with E-state index < -0.39 is 11.8 Å². The van der Waals surface area contributed by atoms with Gasteiger partial charge in [0.25, 0.3) is 11.8 Å². The molecule has 2 amide bonds. The number of hydrogen-bond donors (Lipinski definition) is 2. The van der Waals surface area contributed by atoms with E-state index in [0.29, 0.717) is 48.4 Å². The van der Waals surface area contributed by atoms with E-state index in [1.54, 1.807) is 43.5 Å². The fourth-order valence-electron chi connectivity index (χ4n) is 2.52. The summed E-state index contributed by atoms with van der Waals surface area (Å²) in [7, 11) is 1.54. The molecule has 0 radical (unpaired) electrons. The number of carbonyl (C=O) groups is 2. The molecule has 0 unspecified atom stereocenters. The zero-order valence-electron chi connectivity index (χ0n) is 17.0. The van der Waals surface area contributed by atoms with E-state index in [2.05, 4.69) is 10.9 Å². The number of methoxy groups -OCH3 is 1. The van der Waals surface area contributed by atoms with Gasteiger partial charge in [-0.25, -0.2) is 0 Å². The minimum atomic E-state index is -0.517. The average Bonchev–Trinajstić information content (AvgIpc) is 2.74. The van der Waals surface area contributed by atoms with Crippen molar-refractivity contribution >= 4 is 11.8 Å². The summed E-state index contributed by atoms with van der Waals surface area (Å²) in [4.78, 5) is 24.8. The van der Waals surface area contributed by atoms with Gasteiger partial charge >= 0.3 is 0 Å². The fourth-order valence-corrected chi connectivity index (χ4v) is 2.52. The lowest BCUT2D eigenvalue weighted by atomic mass is 10.1. The van der Waals surface area contributed by atoms with Crippen molar-refractivity contribution in [2.24, 2.45) is 0 Å². The molecule has 8 nitrogen and oxygen atoms in total. The van der Waals surface area contributed by atoms with E-state index in [1.807, 2.05) is 20.8 Å². The number of nitrogens with one attached hydrogen (secondary N) is 2. The Hall–Kier alpha value is -3.42. The first-order chi connectivity index (χ1) is 14.0. The number of hydrazine groups is 1. The molecule has 0 bridgehead atoms. The van der Waals surface area contributed by atoms with Gasteiger partial charge in [0.05, 0.1) is 26.9 Å². The van der Waals surface area contributed by atoms with Gasteiger partial charge in [-0.15, -0.1) is 0 Å². The van der Waals surface area contributed by atoms with Crippen LogP contribution in [0, 0.1) is 0 Å². The minimum absolute atomic E-state index is 0.260. The van der Waals surface area contributed by atoms with E-state index in [4.69, 9.17) is 18.9 Å². The molecule has 0 aromatic heterocycles. The normalized spacial score (nSPS) is 10.1. The SMILES string of the molecule is CCOc1cc(C(=O)NNC(=O)c2ccc(OC)cc2)cc(OCC)c1OCC. The number of rotatable bonds is 9. The Morgan fingerprint density at radius 2 is 1.24 bits per heavy atom. The summed E-state index contributed by atoms with van der Waals surface area (Å²) in [6.07, 6.45) is 0. The summed E-state index contributed by atoms with van der Waals surface area (Å²) in [6.45, 7) is 6.72. The Morgan fingerprint density at radius 1 is 0.759 bits per heavy atom. The lowest BCUT2D eigenvalue weighted by Crippen LogP contribution is -2.41. The second-order valence-corrected chi connectivity index (χ2v) is 5.74. The standard InChI is InChI=1S/C21H26N2O6/c1-5-27-17-12-15(13-18(28-6-2)19(17)29-7-3)21(25)23-22-20(24)14-8-10-16(26-4)11-9-14/h8-13H,5-7H2,1-4H3,(H,22,24)(H,23,25). The van der Waals surface area contributed by atoms with Gasteiger partial charge in [-0.05, 0) is 57.2 Å². The molecule has 8 heteroatoms. The van der Waals surface area contributed by atoms with Crippen LogP contribution in [0.15, 0.2) is 36.4 Å². The third kappa shape index (κ3) is 5.78. The molecule has 0 atom stereocenters. The van der Waals surface area contributed by atoms with Gasteiger partial charge in [0.2, 0.25) is 5.75 Å². The van der Waals surface area contributed by atoms with E-state index in [1.165, 1.54) is 0 Å². The molecule has 2 aromatic rings. The van der Waals surface area contributed by atoms with Crippen molar-refractivity contribution in [3.8, 4) is 23.0 Å². The summed E-state index contributed by atoms with van der Waals surface area (Å²) in [5, 5.41) is 0. The summed E-state index contributed by atoms with van der Waals surface area (Å²) in [6, 6.07) is 9.60. The quantitative estimate of drug-likeness (QED) is 0.626.